The Morgan fingerprint density at radius 1 is 1.00 bits per heavy atom. The predicted molar refractivity (Wildman–Crippen MR) is 141 cm³/mol. The first-order valence-corrected chi connectivity index (χ1v) is 12.9. The van der Waals surface area contributed by atoms with Crippen molar-refractivity contribution in [2.24, 2.45) is 5.92 Å². The van der Waals surface area contributed by atoms with Gasteiger partial charge in [0.15, 0.2) is 11.5 Å². The zero-order valence-corrected chi connectivity index (χ0v) is 21.9. The lowest BCUT2D eigenvalue weighted by atomic mass is 9.83. The van der Waals surface area contributed by atoms with Crippen molar-refractivity contribution in [2.75, 3.05) is 20.1 Å². The van der Waals surface area contributed by atoms with E-state index in [4.69, 9.17) is 9.47 Å². The quantitative estimate of drug-likeness (QED) is 0.453. The van der Waals surface area contributed by atoms with Crippen LogP contribution < -0.4 is 19.5 Å². The Bertz CT molecular complexity index is 1380. The monoisotopic (exact) mass is 536 g/mol. The van der Waals surface area contributed by atoms with Crippen LogP contribution in [0.1, 0.15) is 42.1 Å². The summed E-state index contributed by atoms with van der Waals surface area (Å²) in [5.41, 5.74) is 2.29. The number of para-hydroxylation sites is 1. The second kappa shape index (κ2) is 10.6. The maximum atomic E-state index is 13.8. The lowest BCUT2D eigenvalue weighted by Crippen LogP contribution is -2.47. The van der Waals surface area contributed by atoms with Crippen molar-refractivity contribution < 1.29 is 32.6 Å². The molecule has 0 spiro atoms. The SMILES string of the molecule is CNC(=O)[C@H]1C[C@@H](c2ccccc2)CN(C(=O)c2ccc(-c3cccc4c3OC(F)(F)O4)c(OC(C)C)c2)C1. The highest BCUT2D eigenvalue weighted by atomic mass is 19.3. The number of fused-ring (bicyclic) bond motifs is 1. The van der Waals surface area contributed by atoms with Crippen LogP contribution >= 0.6 is 0 Å². The minimum atomic E-state index is -3.77. The molecule has 204 valence electrons. The zero-order valence-electron chi connectivity index (χ0n) is 21.9. The third-order valence-corrected chi connectivity index (χ3v) is 6.94. The lowest BCUT2D eigenvalue weighted by Gasteiger charge is -2.37. The van der Waals surface area contributed by atoms with Gasteiger partial charge in [-0.2, -0.15) is 0 Å². The van der Waals surface area contributed by atoms with Crippen molar-refractivity contribution in [1.29, 1.82) is 0 Å². The van der Waals surface area contributed by atoms with Crippen LogP contribution in [0.25, 0.3) is 11.1 Å². The molecule has 2 aliphatic rings. The number of benzene rings is 3. The standard InChI is InChI=1S/C30H30F2N2O5/c1-18(2)37-26-15-20(12-13-23(26)24-10-7-11-25-27(24)39-30(31,32)38-25)29(36)34-16-21(19-8-5-4-6-9-19)14-22(17-34)28(35)33-3/h4-13,15,18,21-22H,14,16-17H2,1-3H3,(H,33,35)/t21-,22+/m1/s1. The molecule has 39 heavy (non-hydrogen) atoms. The lowest BCUT2D eigenvalue weighted by molar-refractivity contribution is -0.286. The van der Waals surface area contributed by atoms with Crippen LogP contribution in [0.5, 0.6) is 17.2 Å². The highest BCUT2D eigenvalue weighted by Gasteiger charge is 2.45. The molecule has 5 rings (SSSR count). The van der Waals surface area contributed by atoms with E-state index in [0.717, 1.165) is 5.56 Å². The van der Waals surface area contributed by atoms with Gasteiger partial charge in [0.25, 0.3) is 5.91 Å². The number of alkyl halides is 2. The first-order valence-electron chi connectivity index (χ1n) is 12.9. The van der Waals surface area contributed by atoms with E-state index < -0.39 is 6.29 Å². The van der Waals surface area contributed by atoms with Crippen molar-refractivity contribution in [1.82, 2.24) is 10.2 Å². The van der Waals surface area contributed by atoms with Gasteiger partial charge in [0.1, 0.15) is 5.75 Å². The van der Waals surface area contributed by atoms with E-state index in [2.05, 4.69) is 10.1 Å². The zero-order chi connectivity index (χ0) is 27.7. The van der Waals surface area contributed by atoms with Gasteiger partial charge in [-0.05, 0) is 50.1 Å². The van der Waals surface area contributed by atoms with Crippen molar-refractivity contribution in [2.45, 2.75) is 38.6 Å². The van der Waals surface area contributed by atoms with E-state index in [9.17, 15) is 18.4 Å². The molecule has 2 heterocycles. The van der Waals surface area contributed by atoms with Crippen LogP contribution in [-0.2, 0) is 4.79 Å². The molecule has 1 N–H and O–H groups in total. The number of carbonyl (C=O) groups is 2. The van der Waals surface area contributed by atoms with Gasteiger partial charge in [0.2, 0.25) is 5.91 Å². The number of halogens is 2. The molecular formula is C30H30F2N2O5. The molecule has 0 bridgehead atoms. The number of nitrogens with zero attached hydrogens (tertiary/aromatic N) is 1. The number of piperidine rings is 1. The fraction of sp³-hybridized carbons (Fsp3) is 0.333. The molecule has 9 heteroatoms. The number of hydrogen-bond acceptors (Lipinski definition) is 5. The minimum Gasteiger partial charge on any atom is -0.490 e. The average Bonchev–Trinajstić information content (AvgIpc) is 3.26. The van der Waals surface area contributed by atoms with Gasteiger partial charge >= 0.3 is 6.29 Å². The summed E-state index contributed by atoms with van der Waals surface area (Å²) in [7, 11) is 1.60. The fourth-order valence-corrected chi connectivity index (χ4v) is 5.22. The summed E-state index contributed by atoms with van der Waals surface area (Å²) in [5, 5.41) is 2.72. The van der Waals surface area contributed by atoms with Gasteiger partial charge in [0, 0.05) is 42.7 Å². The molecule has 0 unspecified atom stereocenters. The largest absolute Gasteiger partial charge is 0.586 e. The number of amides is 2. The summed E-state index contributed by atoms with van der Waals surface area (Å²) in [6, 6.07) is 19.4. The maximum Gasteiger partial charge on any atom is 0.586 e. The number of likely N-dealkylation sites (tertiary alicyclic amines) is 1. The maximum absolute atomic E-state index is 13.8. The third kappa shape index (κ3) is 5.53. The summed E-state index contributed by atoms with van der Waals surface area (Å²) in [6.45, 7) is 4.43. The van der Waals surface area contributed by atoms with E-state index >= 15 is 0 Å². The van der Waals surface area contributed by atoms with E-state index in [1.54, 1.807) is 42.3 Å². The van der Waals surface area contributed by atoms with E-state index in [1.165, 1.54) is 6.07 Å². The molecule has 3 aromatic carbocycles. The van der Waals surface area contributed by atoms with E-state index in [-0.39, 0.29) is 47.8 Å². The number of rotatable bonds is 6. The second-order valence-corrected chi connectivity index (χ2v) is 10.0. The summed E-state index contributed by atoms with van der Waals surface area (Å²) in [5.74, 6) is -0.517. The van der Waals surface area contributed by atoms with Crippen molar-refractivity contribution in [3.8, 4) is 28.4 Å². The molecule has 0 saturated carbocycles. The van der Waals surface area contributed by atoms with Crippen LogP contribution in [0, 0.1) is 5.92 Å². The topological polar surface area (TPSA) is 77.1 Å². The van der Waals surface area contributed by atoms with Gasteiger partial charge in [-0.15, -0.1) is 8.78 Å². The second-order valence-electron chi connectivity index (χ2n) is 10.0. The van der Waals surface area contributed by atoms with E-state index in [0.29, 0.717) is 35.4 Å². The van der Waals surface area contributed by atoms with Crippen molar-refractivity contribution >= 4 is 11.8 Å². The number of ether oxygens (including phenoxy) is 3. The molecule has 3 aromatic rings. The molecule has 7 nitrogen and oxygen atoms in total. The number of hydrogen-bond donors (Lipinski definition) is 1. The van der Waals surface area contributed by atoms with Gasteiger partial charge < -0.3 is 24.4 Å². The van der Waals surface area contributed by atoms with Crippen LogP contribution in [-0.4, -0.2) is 49.3 Å². The van der Waals surface area contributed by atoms with Crippen LogP contribution in [0.15, 0.2) is 66.7 Å². The first kappa shape index (κ1) is 26.5. The summed E-state index contributed by atoms with van der Waals surface area (Å²) < 4.78 is 43.1. The van der Waals surface area contributed by atoms with Crippen LogP contribution in [0.3, 0.4) is 0 Å². The van der Waals surface area contributed by atoms with Crippen molar-refractivity contribution in [3.05, 3.63) is 77.9 Å². The van der Waals surface area contributed by atoms with Gasteiger partial charge in [-0.3, -0.25) is 9.59 Å². The van der Waals surface area contributed by atoms with Crippen LogP contribution in [0.4, 0.5) is 8.78 Å². The number of nitrogens with one attached hydrogen (secondary N) is 1. The molecule has 1 fully saturated rings. The summed E-state index contributed by atoms with van der Waals surface area (Å²) in [4.78, 5) is 28.1. The summed E-state index contributed by atoms with van der Waals surface area (Å²) >= 11 is 0. The molecule has 0 radical (unpaired) electrons. The molecule has 2 amide bonds. The Morgan fingerprint density at radius 2 is 1.77 bits per heavy atom. The molecule has 1 saturated heterocycles. The summed E-state index contributed by atoms with van der Waals surface area (Å²) in [6.07, 6.45) is -3.38. The molecule has 2 atom stereocenters. The minimum absolute atomic E-state index is 0.00239. The Hall–Kier alpha value is -4.14. The smallest absolute Gasteiger partial charge is 0.490 e. The Balaban J connectivity index is 1.49. The molecule has 0 aromatic heterocycles. The van der Waals surface area contributed by atoms with Gasteiger partial charge in [0.05, 0.1) is 12.0 Å². The fourth-order valence-electron chi connectivity index (χ4n) is 5.22. The Labute approximate surface area is 225 Å². The molecule has 0 aliphatic carbocycles. The van der Waals surface area contributed by atoms with Crippen LogP contribution in [0.2, 0.25) is 0 Å². The number of carbonyl (C=O) groups excluding carboxylic acids is 2. The normalized spacial score (nSPS) is 19.6. The Kier molecular flexibility index (Phi) is 7.16. The van der Waals surface area contributed by atoms with E-state index in [1.807, 2.05) is 44.2 Å². The highest BCUT2D eigenvalue weighted by Crippen LogP contribution is 2.49. The molecular weight excluding hydrogens is 506 g/mol. The van der Waals surface area contributed by atoms with Gasteiger partial charge in [-0.25, -0.2) is 0 Å². The first-order chi connectivity index (χ1) is 18.6. The predicted octanol–water partition coefficient (Wildman–Crippen LogP) is 5.45. The third-order valence-electron chi connectivity index (χ3n) is 6.94. The Morgan fingerprint density at radius 3 is 2.49 bits per heavy atom. The molecule has 2 aliphatic heterocycles. The highest BCUT2D eigenvalue weighted by molar-refractivity contribution is 5.96. The van der Waals surface area contributed by atoms with Crippen molar-refractivity contribution in [3.63, 3.8) is 0 Å². The average molecular weight is 537 g/mol. The van der Waals surface area contributed by atoms with Gasteiger partial charge in [-0.1, -0.05) is 42.5 Å².